The molecule has 4 aliphatic rings. The molecule has 1 heterocycles. The maximum absolute atomic E-state index is 8.87. The molecule has 1 N–H and O–H groups in total. The molecule has 4 aliphatic carbocycles. The van der Waals surface area contributed by atoms with E-state index in [4.69, 9.17) is 5.26 Å². The van der Waals surface area contributed by atoms with Gasteiger partial charge in [0.15, 0.2) is 5.69 Å². The van der Waals surface area contributed by atoms with E-state index in [0.29, 0.717) is 11.6 Å². The molecule has 0 unspecified atom stereocenters. The molecule has 0 aromatic carbocycles. The number of H-pyrrole nitrogens is 1. The van der Waals surface area contributed by atoms with Crippen molar-refractivity contribution in [2.45, 2.75) is 38.0 Å². The monoisotopic (exact) mass is 227 g/mol. The van der Waals surface area contributed by atoms with Gasteiger partial charge in [-0.25, -0.2) is 0 Å². The fourth-order valence-corrected chi connectivity index (χ4v) is 5.00. The van der Waals surface area contributed by atoms with Crippen molar-refractivity contribution in [3.05, 3.63) is 17.5 Å². The molecule has 0 atom stereocenters. The molecule has 5 rings (SSSR count). The first-order valence-electron chi connectivity index (χ1n) is 6.79. The van der Waals surface area contributed by atoms with Gasteiger partial charge in [-0.2, -0.15) is 10.4 Å². The molecule has 1 aromatic heterocycles. The van der Waals surface area contributed by atoms with Crippen molar-refractivity contribution in [3.63, 3.8) is 0 Å². The number of rotatable bonds is 1. The molecular weight excluding hydrogens is 210 g/mol. The van der Waals surface area contributed by atoms with Crippen molar-refractivity contribution in [3.8, 4) is 6.07 Å². The van der Waals surface area contributed by atoms with Crippen LogP contribution in [-0.4, -0.2) is 10.2 Å². The molecule has 88 valence electrons. The topological polar surface area (TPSA) is 52.5 Å². The number of nitriles is 1. The fourth-order valence-electron chi connectivity index (χ4n) is 5.00. The Bertz CT molecular complexity index is 454. The van der Waals surface area contributed by atoms with E-state index in [0.717, 1.165) is 23.7 Å². The van der Waals surface area contributed by atoms with Gasteiger partial charge in [0, 0.05) is 11.6 Å². The molecule has 4 bridgehead atoms. The van der Waals surface area contributed by atoms with Gasteiger partial charge in [-0.15, -0.1) is 0 Å². The largest absolute Gasteiger partial charge is 0.281 e. The van der Waals surface area contributed by atoms with Gasteiger partial charge in [0.25, 0.3) is 0 Å². The molecule has 0 radical (unpaired) electrons. The first kappa shape index (κ1) is 9.70. The van der Waals surface area contributed by atoms with E-state index in [2.05, 4.69) is 16.3 Å². The van der Waals surface area contributed by atoms with E-state index >= 15 is 0 Å². The second-order valence-corrected chi connectivity index (χ2v) is 6.28. The van der Waals surface area contributed by atoms with E-state index in [-0.39, 0.29) is 0 Å². The molecule has 4 saturated carbocycles. The molecular formula is C14H17N3. The molecule has 0 aliphatic heterocycles. The number of nitrogens with zero attached hydrogens (tertiary/aromatic N) is 2. The fraction of sp³-hybridized carbons (Fsp3) is 0.714. The Labute approximate surface area is 101 Å². The van der Waals surface area contributed by atoms with Crippen molar-refractivity contribution < 1.29 is 0 Å². The zero-order valence-corrected chi connectivity index (χ0v) is 9.89. The van der Waals surface area contributed by atoms with E-state index in [1.807, 2.05) is 6.07 Å². The van der Waals surface area contributed by atoms with Crippen LogP contribution in [0.5, 0.6) is 0 Å². The van der Waals surface area contributed by atoms with E-state index in [9.17, 15) is 0 Å². The van der Waals surface area contributed by atoms with Crippen molar-refractivity contribution in [1.29, 1.82) is 5.26 Å². The van der Waals surface area contributed by atoms with Gasteiger partial charge < -0.3 is 0 Å². The van der Waals surface area contributed by atoms with Crippen molar-refractivity contribution in [2.24, 2.45) is 23.7 Å². The Morgan fingerprint density at radius 1 is 1.12 bits per heavy atom. The van der Waals surface area contributed by atoms with Crippen LogP contribution in [0.3, 0.4) is 0 Å². The summed E-state index contributed by atoms with van der Waals surface area (Å²) in [6.45, 7) is 0. The summed E-state index contributed by atoms with van der Waals surface area (Å²) in [7, 11) is 0. The normalized spacial score (nSPS) is 42.6. The lowest BCUT2D eigenvalue weighted by Gasteiger charge is -2.54. The molecule has 0 saturated heterocycles. The summed E-state index contributed by atoms with van der Waals surface area (Å²) in [4.78, 5) is 0. The highest BCUT2D eigenvalue weighted by atomic mass is 15.1. The quantitative estimate of drug-likeness (QED) is 0.802. The van der Waals surface area contributed by atoms with Crippen LogP contribution in [0.2, 0.25) is 0 Å². The summed E-state index contributed by atoms with van der Waals surface area (Å²) in [6.07, 6.45) is 7.15. The standard InChI is InChI=1S/C14H17N3/c15-7-12-6-13(17-16-12)14-10-2-8-1-9(4-10)5-11(14)3-8/h6,8-11,14H,1-5H2,(H,16,17). The molecule has 3 nitrogen and oxygen atoms in total. The van der Waals surface area contributed by atoms with Crippen LogP contribution in [0.15, 0.2) is 6.07 Å². The summed E-state index contributed by atoms with van der Waals surface area (Å²) >= 11 is 0. The highest BCUT2D eigenvalue weighted by molar-refractivity contribution is 5.26. The average Bonchev–Trinajstić information content (AvgIpc) is 2.76. The number of aromatic nitrogens is 2. The van der Waals surface area contributed by atoms with E-state index in [1.54, 1.807) is 0 Å². The van der Waals surface area contributed by atoms with Crippen LogP contribution in [0.25, 0.3) is 0 Å². The molecule has 0 amide bonds. The predicted molar refractivity (Wildman–Crippen MR) is 63.1 cm³/mol. The Kier molecular flexibility index (Phi) is 1.91. The minimum absolute atomic E-state index is 0.550. The maximum atomic E-state index is 8.87. The lowest BCUT2D eigenvalue weighted by atomic mass is 9.51. The van der Waals surface area contributed by atoms with E-state index < -0.39 is 0 Å². The number of hydrogen-bond acceptors (Lipinski definition) is 2. The number of hydrogen-bond donors (Lipinski definition) is 1. The highest BCUT2D eigenvalue weighted by Gasteiger charge is 2.49. The van der Waals surface area contributed by atoms with Crippen LogP contribution in [0, 0.1) is 35.0 Å². The summed E-state index contributed by atoms with van der Waals surface area (Å²) in [5, 5.41) is 16.1. The van der Waals surface area contributed by atoms with E-state index in [1.165, 1.54) is 37.8 Å². The van der Waals surface area contributed by atoms with Gasteiger partial charge >= 0.3 is 0 Å². The third-order valence-corrected chi connectivity index (χ3v) is 5.30. The summed E-state index contributed by atoms with van der Waals surface area (Å²) in [5.74, 6) is 4.40. The van der Waals surface area contributed by atoms with Crippen LogP contribution < -0.4 is 0 Å². The summed E-state index contributed by atoms with van der Waals surface area (Å²) < 4.78 is 0. The Balaban J connectivity index is 1.68. The molecule has 3 heteroatoms. The maximum Gasteiger partial charge on any atom is 0.162 e. The SMILES string of the molecule is N#Cc1cc(C2C3CC4CC(C3)CC2C4)[nH]n1. The van der Waals surface area contributed by atoms with Crippen LogP contribution >= 0.6 is 0 Å². The number of aromatic amines is 1. The zero-order valence-electron chi connectivity index (χ0n) is 9.89. The Morgan fingerprint density at radius 3 is 2.29 bits per heavy atom. The molecule has 4 fully saturated rings. The van der Waals surface area contributed by atoms with Crippen LogP contribution in [-0.2, 0) is 0 Å². The molecule has 0 spiro atoms. The lowest BCUT2D eigenvalue weighted by molar-refractivity contribution is -0.00416. The minimum atomic E-state index is 0.550. The third-order valence-electron chi connectivity index (χ3n) is 5.30. The average molecular weight is 227 g/mol. The second-order valence-electron chi connectivity index (χ2n) is 6.28. The van der Waals surface area contributed by atoms with Gasteiger partial charge in [0.2, 0.25) is 0 Å². The van der Waals surface area contributed by atoms with Gasteiger partial charge in [-0.05, 0) is 61.8 Å². The molecule has 17 heavy (non-hydrogen) atoms. The number of nitrogens with one attached hydrogen (secondary N) is 1. The summed E-state index contributed by atoms with van der Waals surface area (Å²) in [5.41, 5.74) is 1.78. The Hall–Kier alpha value is -1.30. The van der Waals surface area contributed by atoms with Crippen LogP contribution in [0.1, 0.15) is 49.4 Å². The first-order chi connectivity index (χ1) is 8.33. The second kappa shape index (κ2) is 3.35. The Morgan fingerprint density at radius 2 is 1.76 bits per heavy atom. The van der Waals surface area contributed by atoms with Gasteiger partial charge in [-0.3, -0.25) is 5.10 Å². The lowest BCUT2D eigenvalue weighted by Crippen LogP contribution is -2.43. The van der Waals surface area contributed by atoms with Crippen molar-refractivity contribution in [2.75, 3.05) is 0 Å². The van der Waals surface area contributed by atoms with Gasteiger partial charge in [0.05, 0.1) is 0 Å². The van der Waals surface area contributed by atoms with Gasteiger partial charge in [-0.1, -0.05) is 0 Å². The highest BCUT2D eigenvalue weighted by Crippen LogP contribution is 2.59. The predicted octanol–water partition coefficient (Wildman–Crippen LogP) is 2.82. The molecule has 1 aromatic rings. The zero-order chi connectivity index (χ0) is 11.4. The van der Waals surface area contributed by atoms with Crippen LogP contribution in [0.4, 0.5) is 0 Å². The van der Waals surface area contributed by atoms with Crippen molar-refractivity contribution in [1.82, 2.24) is 10.2 Å². The van der Waals surface area contributed by atoms with Gasteiger partial charge in [0.1, 0.15) is 6.07 Å². The smallest absolute Gasteiger partial charge is 0.162 e. The first-order valence-corrected chi connectivity index (χ1v) is 6.79. The van der Waals surface area contributed by atoms with Crippen molar-refractivity contribution >= 4 is 0 Å². The summed E-state index contributed by atoms with van der Waals surface area (Å²) in [6, 6.07) is 4.11. The third kappa shape index (κ3) is 1.36. The minimum Gasteiger partial charge on any atom is -0.281 e.